The minimum Gasteiger partial charge on any atom is -0.497 e. The highest BCUT2D eigenvalue weighted by Crippen LogP contribution is 2.36. The summed E-state index contributed by atoms with van der Waals surface area (Å²) in [5.41, 5.74) is -0.0238. The first-order chi connectivity index (χ1) is 8.46. The van der Waals surface area contributed by atoms with Crippen molar-refractivity contribution < 1.29 is 19.3 Å². The lowest BCUT2D eigenvalue weighted by molar-refractivity contribution is -0.0989. The van der Waals surface area contributed by atoms with E-state index in [9.17, 15) is 5.11 Å². The maximum atomic E-state index is 10.5. The zero-order valence-corrected chi connectivity index (χ0v) is 11.7. The Hall–Kier alpha value is -1.26. The normalized spacial score (nSPS) is 13.2. The van der Waals surface area contributed by atoms with Gasteiger partial charge in [0.15, 0.2) is 0 Å². The monoisotopic (exact) mass is 254 g/mol. The molecule has 0 radical (unpaired) electrons. The number of aliphatic hydroxyl groups excluding tert-OH is 1. The van der Waals surface area contributed by atoms with Crippen molar-refractivity contribution in [2.45, 2.75) is 32.5 Å². The molecule has 0 bridgehead atoms. The Kier molecular flexibility index (Phi) is 4.99. The van der Waals surface area contributed by atoms with Crippen LogP contribution in [0.25, 0.3) is 0 Å². The zero-order valence-electron chi connectivity index (χ0n) is 11.7. The second-order valence-corrected chi connectivity index (χ2v) is 4.55. The van der Waals surface area contributed by atoms with Crippen LogP contribution < -0.4 is 9.47 Å². The smallest absolute Gasteiger partial charge is 0.125 e. The van der Waals surface area contributed by atoms with E-state index >= 15 is 0 Å². The van der Waals surface area contributed by atoms with Crippen molar-refractivity contribution in [2.75, 3.05) is 20.8 Å². The van der Waals surface area contributed by atoms with Crippen molar-refractivity contribution in [1.82, 2.24) is 0 Å². The summed E-state index contributed by atoms with van der Waals surface area (Å²) in [5, 5.41) is 10.5. The Bertz CT molecular complexity index is 387. The fraction of sp³-hybridized carbons (Fsp3) is 0.571. The molecule has 0 amide bonds. The molecule has 0 spiro atoms. The Morgan fingerprint density at radius 2 is 1.89 bits per heavy atom. The van der Waals surface area contributed by atoms with E-state index in [0.717, 1.165) is 0 Å². The van der Waals surface area contributed by atoms with Crippen LogP contribution in [0.3, 0.4) is 0 Å². The fourth-order valence-electron chi connectivity index (χ4n) is 1.88. The second-order valence-electron chi connectivity index (χ2n) is 4.55. The molecule has 0 aromatic heterocycles. The number of hydrogen-bond donors (Lipinski definition) is 1. The van der Waals surface area contributed by atoms with E-state index in [1.807, 2.05) is 20.8 Å². The van der Waals surface area contributed by atoms with Crippen LogP contribution in [-0.2, 0) is 4.74 Å². The quantitative estimate of drug-likeness (QED) is 0.847. The van der Waals surface area contributed by atoms with Gasteiger partial charge in [-0.2, -0.15) is 0 Å². The van der Waals surface area contributed by atoms with Gasteiger partial charge in [0.1, 0.15) is 17.6 Å². The van der Waals surface area contributed by atoms with E-state index in [1.165, 1.54) is 0 Å². The molecule has 0 saturated heterocycles. The third-order valence-corrected chi connectivity index (χ3v) is 2.91. The summed E-state index contributed by atoms with van der Waals surface area (Å²) in [6, 6.07) is 5.34. The van der Waals surface area contributed by atoms with Crippen molar-refractivity contribution in [2.24, 2.45) is 0 Å². The highest BCUT2D eigenvalue weighted by molar-refractivity contribution is 5.42. The molecule has 1 rings (SSSR count). The van der Waals surface area contributed by atoms with Crippen molar-refractivity contribution >= 4 is 0 Å². The van der Waals surface area contributed by atoms with Gasteiger partial charge in [-0.3, -0.25) is 0 Å². The highest BCUT2D eigenvalue weighted by atomic mass is 16.5. The molecule has 1 aromatic carbocycles. The van der Waals surface area contributed by atoms with E-state index < -0.39 is 11.7 Å². The van der Waals surface area contributed by atoms with Crippen LogP contribution in [0, 0.1) is 0 Å². The van der Waals surface area contributed by atoms with Gasteiger partial charge in [0.2, 0.25) is 0 Å². The predicted octanol–water partition coefficient (Wildman–Crippen LogP) is 2.55. The maximum absolute atomic E-state index is 10.5. The summed E-state index contributed by atoms with van der Waals surface area (Å²) in [5.74, 6) is 1.30. The maximum Gasteiger partial charge on any atom is 0.125 e. The van der Waals surface area contributed by atoms with E-state index in [0.29, 0.717) is 23.7 Å². The molecular formula is C14H22O4. The molecule has 1 atom stereocenters. The number of ether oxygens (including phenoxy) is 3. The van der Waals surface area contributed by atoms with E-state index in [-0.39, 0.29) is 0 Å². The number of rotatable bonds is 6. The van der Waals surface area contributed by atoms with Crippen molar-refractivity contribution in [3.05, 3.63) is 23.8 Å². The predicted molar refractivity (Wildman–Crippen MR) is 70.2 cm³/mol. The Labute approximate surface area is 108 Å². The average Bonchev–Trinajstić information content (AvgIpc) is 2.37. The molecule has 0 aliphatic heterocycles. The highest BCUT2D eigenvalue weighted by Gasteiger charge is 2.32. The molecule has 0 heterocycles. The van der Waals surface area contributed by atoms with Crippen LogP contribution in [0.1, 0.15) is 32.4 Å². The number of hydrogen-bond acceptors (Lipinski definition) is 4. The zero-order chi connectivity index (χ0) is 13.8. The van der Waals surface area contributed by atoms with E-state index in [2.05, 4.69) is 0 Å². The summed E-state index contributed by atoms with van der Waals surface area (Å²) >= 11 is 0. The van der Waals surface area contributed by atoms with Crippen molar-refractivity contribution in [3.63, 3.8) is 0 Å². The summed E-state index contributed by atoms with van der Waals surface area (Å²) in [6.07, 6.45) is -0.789. The minimum absolute atomic E-state index is 0.538. The topological polar surface area (TPSA) is 47.9 Å². The van der Waals surface area contributed by atoms with Gasteiger partial charge in [0.25, 0.3) is 0 Å². The van der Waals surface area contributed by atoms with Crippen molar-refractivity contribution in [1.29, 1.82) is 0 Å². The first-order valence-electron chi connectivity index (χ1n) is 6.00. The Balaban J connectivity index is 3.13. The molecule has 102 valence electrons. The third-order valence-electron chi connectivity index (χ3n) is 2.91. The number of methoxy groups -OCH3 is 2. The van der Waals surface area contributed by atoms with Gasteiger partial charge in [0, 0.05) is 12.2 Å². The van der Waals surface area contributed by atoms with Crippen molar-refractivity contribution in [3.8, 4) is 11.5 Å². The molecule has 0 aliphatic rings. The van der Waals surface area contributed by atoms with Gasteiger partial charge in [-0.05, 0) is 39.0 Å². The molecule has 0 aliphatic carbocycles. The molecule has 18 heavy (non-hydrogen) atoms. The van der Waals surface area contributed by atoms with Crippen LogP contribution in [0.4, 0.5) is 0 Å². The van der Waals surface area contributed by atoms with Gasteiger partial charge in [-0.15, -0.1) is 0 Å². The van der Waals surface area contributed by atoms with Gasteiger partial charge in [-0.1, -0.05) is 0 Å². The molecule has 0 fully saturated rings. The lowest BCUT2D eigenvalue weighted by Crippen LogP contribution is -2.33. The van der Waals surface area contributed by atoms with Gasteiger partial charge < -0.3 is 19.3 Å². The van der Waals surface area contributed by atoms with Crippen LogP contribution >= 0.6 is 0 Å². The molecule has 0 saturated carbocycles. The molecule has 1 aromatic rings. The minimum atomic E-state index is -0.789. The Morgan fingerprint density at radius 3 is 2.39 bits per heavy atom. The summed E-state index contributed by atoms with van der Waals surface area (Å²) in [4.78, 5) is 0. The number of benzene rings is 1. The van der Waals surface area contributed by atoms with Gasteiger partial charge in [0.05, 0.1) is 19.8 Å². The average molecular weight is 254 g/mol. The molecule has 1 N–H and O–H groups in total. The molecule has 4 nitrogen and oxygen atoms in total. The van der Waals surface area contributed by atoms with Gasteiger partial charge >= 0.3 is 0 Å². The molecule has 4 heteroatoms. The lowest BCUT2D eigenvalue weighted by atomic mass is 9.93. The summed E-state index contributed by atoms with van der Waals surface area (Å²) < 4.78 is 16.0. The van der Waals surface area contributed by atoms with Crippen LogP contribution in [0.5, 0.6) is 11.5 Å². The lowest BCUT2D eigenvalue weighted by Gasteiger charge is -2.31. The van der Waals surface area contributed by atoms with E-state index in [1.54, 1.807) is 32.4 Å². The van der Waals surface area contributed by atoms with Crippen LogP contribution in [0.2, 0.25) is 0 Å². The first kappa shape index (κ1) is 14.8. The fourth-order valence-corrected chi connectivity index (χ4v) is 1.88. The Morgan fingerprint density at radius 1 is 1.22 bits per heavy atom. The third kappa shape index (κ3) is 3.15. The molecular weight excluding hydrogens is 232 g/mol. The summed E-state index contributed by atoms with van der Waals surface area (Å²) in [6.45, 7) is 6.13. The standard InChI is InChI=1S/C14H22O4/c1-6-18-14(2,3)13(15)11-9-10(16-4)7-8-12(11)17-5/h7-9,13,15H,6H2,1-5H3. The van der Waals surface area contributed by atoms with Gasteiger partial charge in [-0.25, -0.2) is 0 Å². The van der Waals surface area contributed by atoms with Crippen LogP contribution in [-0.4, -0.2) is 31.5 Å². The summed E-state index contributed by atoms with van der Waals surface area (Å²) in [7, 11) is 3.16. The first-order valence-corrected chi connectivity index (χ1v) is 6.00. The van der Waals surface area contributed by atoms with E-state index in [4.69, 9.17) is 14.2 Å². The number of aliphatic hydroxyl groups is 1. The van der Waals surface area contributed by atoms with Crippen LogP contribution in [0.15, 0.2) is 18.2 Å². The molecule has 1 unspecified atom stereocenters. The second kappa shape index (κ2) is 6.07. The largest absolute Gasteiger partial charge is 0.497 e. The SMILES string of the molecule is CCOC(C)(C)C(O)c1cc(OC)ccc1OC.